The molecule has 102 valence electrons. The number of Topliss-reactive ketones (excluding diaryl/α,β-unsaturated/α-hetero) is 1. The summed E-state index contributed by atoms with van der Waals surface area (Å²) in [6, 6.07) is 7.61. The summed E-state index contributed by atoms with van der Waals surface area (Å²) >= 11 is 0. The number of carbonyl (C=O) groups is 2. The van der Waals surface area contributed by atoms with Crippen molar-refractivity contribution in [1.82, 2.24) is 4.98 Å². The third-order valence-electron chi connectivity index (χ3n) is 2.36. The molecule has 1 aromatic heterocycles. The van der Waals surface area contributed by atoms with E-state index in [1.807, 2.05) is 51.2 Å². The molecule has 0 unspecified atom stereocenters. The molecule has 0 atom stereocenters. The van der Waals surface area contributed by atoms with E-state index in [-0.39, 0.29) is 11.4 Å². The van der Waals surface area contributed by atoms with Gasteiger partial charge in [-0.1, -0.05) is 0 Å². The number of ketones is 1. The van der Waals surface area contributed by atoms with Gasteiger partial charge < -0.3 is 9.72 Å². The van der Waals surface area contributed by atoms with E-state index in [4.69, 9.17) is 0 Å². The summed E-state index contributed by atoms with van der Waals surface area (Å²) in [5, 5.41) is 1.09. The van der Waals surface area contributed by atoms with Crippen LogP contribution in [0.4, 0.5) is 0 Å². The van der Waals surface area contributed by atoms with Gasteiger partial charge >= 0.3 is 0 Å². The molecule has 0 aliphatic heterocycles. The van der Waals surface area contributed by atoms with Crippen molar-refractivity contribution in [2.45, 2.75) is 33.3 Å². The van der Waals surface area contributed by atoms with Crippen LogP contribution >= 0.6 is 0 Å². The Kier molecular flexibility index (Phi) is 4.87. The number of nitrogens with one attached hydrogen (secondary N) is 1. The summed E-state index contributed by atoms with van der Waals surface area (Å²) in [7, 11) is 0. The first kappa shape index (κ1) is 15.0. The molecular formula is C15H19NO3. The molecule has 1 heterocycles. The number of aromatic nitrogens is 1. The number of hydrogen-bond acceptors (Lipinski definition) is 3. The van der Waals surface area contributed by atoms with Gasteiger partial charge in [-0.2, -0.15) is 0 Å². The van der Waals surface area contributed by atoms with Gasteiger partial charge in [0.05, 0.1) is 0 Å². The van der Waals surface area contributed by atoms with E-state index in [2.05, 4.69) is 9.72 Å². The first-order chi connectivity index (χ1) is 8.83. The highest BCUT2D eigenvalue weighted by molar-refractivity contribution is 5.97. The van der Waals surface area contributed by atoms with Crippen LogP contribution in [0.1, 0.15) is 38.1 Å². The van der Waals surface area contributed by atoms with E-state index < -0.39 is 0 Å². The molecular weight excluding hydrogens is 242 g/mol. The molecule has 0 fully saturated rings. The van der Waals surface area contributed by atoms with Crippen molar-refractivity contribution in [2.24, 2.45) is 0 Å². The predicted octanol–water partition coefficient (Wildman–Crippen LogP) is 3.33. The highest BCUT2D eigenvalue weighted by atomic mass is 16.5. The maximum Gasteiger partial charge on any atom is 0.293 e. The topological polar surface area (TPSA) is 59.2 Å². The fourth-order valence-corrected chi connectivity index (χ4v) is 1.42. The molecule has 2 aromatic rings. The minimum atomic E-state index is -0.318. The fraction of sp³-hybridized carbons (Fsp3) is 0.333. The summed E-state index contributed by atoms with van der Waals surface area (Å²) in [5.74, 6) is 0.109. The Labute approximate surface area is 112 Å². The van der Waals surface area contributed by atoms with Crippen molar-refractivity contribution in [2.75, 3.05) is 0 Å². The lowest BCUT2D eigenvalue weighted by molar-refractivity contribution is -0.138. The summed E-state index contributed by atoms with van der Waals surface area (Å²) in [6.45, 7) is 7.50. The minimum absolute atomic E-state index is 0.109. The van der Waals surface area contributed by atoms with Crippen LogP contribution in [0.3, 0.4) is 0 Å². The molecule has 0 saturated carbocycles. The molecule has 1 N–H and O–H groups in total. The van der Waals surface area contributed by atoms with E-state index in [0.717, 1.165) is 16.5 Å². The highest BCUT2D eigenvalue weighted by Crippen LogP contribution is 2.14. The zero-order valence-electron chi connectivity index (χ0n) is 11.7. The number of carbonyl (C=O) groups excluding carboxylic acids is 2. The third-order valence-corrected chi connectivity index (χ3v) is 2.36. The van der Waals surface area contributed by atoms with Crippen LogP contribution in [0.25, 0.3) is 10.9 Å². The van der Waals surface area contributed by atoms with Crippen LogP contribution in [-0.2, 0) is 9.53 Å². The zero-order chi connectivity index (χ0) is 14.5. The maximum absolute atomic E-state index is 11.0. The van der Waals surface area contributed by atoms with Gasteiger partial charge in [0.15, 0.2) is 5.78 Å². The SMILES string of the molecule is CC(=O)c1ccc2[nH]ccc2c1.CC(C)(C)OC=O. The van der Waals surface area contributed by atoms with Gasteiger partial charge in [0, 0.05) is 22.7 Å². The van der Waals surface area contributed by atoms with E-state index in [0.29, 0.717) is 6.47 Å². The molecule has 0 saturated heterocycles. The van der Waals surface area contributed by atoms with Crippen LogP contribution in [0.2, 0.25) is 0 Å². The molecule has 0 bridgehead atoms. The van der Waals surface area contributed by atoms with Gasteiger partial charge in [-0.25, -0.2) is 0 Å². The molecule has 4 heteroatoms. The lowest BCUT2D eigenvalue weighted by Crippen LogP contribution is -2.17. The number of ether oxygens (including phenoxy) is 1. The molecule has 2 rings (SSSR count). The number of H-pyrrole nitrogens is 1. The summed E-state index contributed by atoms with van der Waals surface area (Å²) in [6.07, 6.45) is 1.87. The van der Waals surface area contributed by atoms with E-state index in [1.54, 1.807) is 6.92 Å². The van der Waals surface area contributed by atoms with E-state index >= 15 is 0 Å². The number of aromatic amines is 1. The lowest BCUT2D eigenvalue weighted by Gasteiger charge is -2.14. The van der Waals surface area contributed by atoms with Crippen molar-refractivity contribution in [3.63, 3.8) is 0 Å². The van der Waals surface area contributed by atoms with Gasteiger partial charge in [0.25, 0.3) is 6.47 Å². The smallest absolute Gasteiger partial charge is 0.293 e. The second-order valence-corrected chi connectivity index (χ2v) is 5.16. The van der Waals surface area contributed by atoms with Crippen LogP contribution in [0.15, 0.2) is 30.5 Å². The lowest BCUT2D eigenvalue weighted by atomic mass is 10.1. The standard InChI is InChI=1S/C10H9NO.C5H10O2/c1-7(12)8-2-3-10-9(6-8)4-5-11-10;1-5(2,3)7-4-6/h2-6,11H,1H3;4H,1-3H3. The fourth-order valence-electron chi connectivity index (χ4n) is 1.42. The Balaban J connectivity index is 0.000000224. The average molecular weight is 261 g/mol. The first-order valence-electron chi connectivity index (χ1n) is 6.03. The van der Waals surface area contributed by atoms with Crippen LogP contribution in [-0.4, -0.2) is 22.8 Å². The first-order valence-corrected chi connectivity index (χ1v) is 6.03. The second-order valence-electron chi connectivity index (χ2n) is 5.16. The number of fused-ring (bicyclic) bond motifs is 1. The van der Waals surface area contributed by atoms with Gasteiger partial charge in [-0.15, -0.1) is 0 Å². The summed E-state index contributed by atoms with van der Waals surface area (Å²) in [4.78, 5) is 23.7. The predicted molar refractivity (Wildman–Crippen MR) is 75.2 cm³/mol. The number of rotatable bonds is 2. The van der Waals surface area contributed by atoms with Crippen LogP contribution in [0, 0.1) is 0 Å². The van der Waals surface area contributed by atoms with Gasteiger partial charge in [0.1, 0.15) is 5.60 Å². The van der Waals surface area contributed by atoms with Crippen molar-refractivity contribution < 1.29 is 14.3 Å². The van der Waals surface area contributed by atoms with E-state index in [1.165, 1.54) is 0 Å². The molecule has 1 aromatic carbocycles. The Morgan fingerprint density at radius 2 is 1.95 bits per heavy atom. The normalized spacial score (nSPS) is 10.5. The van der Waals surface area contributed by atoms with Crippen molar-refractivity contribution >= 4 is 23.2 Å². The number of hydrogen-bond donors (Lipinski definition) is 1. The summed E-state index contributed by atoms with van der Waals surface area (Å²) in [5.41, 5.74) is 1.52. The molecule has 0 spiro atoms. The van der Waals surface area contributed by atoms with Crippen molar-refractivity contribution in [1.29, 1.82) is 0 Å². The van der Waals surface area contributed by atoms with Crippen LogP contribution in [0.5, 0.6) is 0 Å². The molecule has 0 aliphatic carbocycles. The van der Waals surface area contributed by atoms with Gasteiger partial charge in [-0.3, -0.25) is 9.59 Å². The molecule has 19 heavy (non-hydrogen) atoms. The molecule has 0 radical (unpaired) electrons. The minimum Gasteiger partial charge on any atom is -0.462 e. The van der Waals surface area contributed by atoms with Gasteiger partial charge in [0.2, 0.25) is 0 Å². The monoisotopic (exact) mass is 261 g/mol. The Bertz CT molecular complexity index is 564. The maximum atomic E-state index is 11.0. The third kappa shape index (κ3) is 4.95. The van der Waals surface area contributed by atoms with E-state index in [9.17, 15) is 9.59 Å². The Morgan fingerprint density at radius 3 is 2.42 bits per heavy atom. The summed E-state index contributed by atoms with van der Waals surface area (Å²) < 4.78 is 4.55. The molecule has 0 aliphatic rings. The van der Waals surface area contributed by atoms with Crippen LogP contribution < -0.4 is 0 Å². The quantitative estimate of drug-likeness (QED) is 0.666. The molecule has 4 nitrogen and oxygen atoms in total. The molecule has 0 amide bonds. The highest BCUT2D eigenvalue weighted by Gasteiger charge is 2.07. The Morgan fingerprint density at radius 1 is 1.26 bits per heavy atom. The van der Waals surface area contributed by atoms with Crippen molar-refractivity contribution in [3.8, 4) is 0 Å². The largest absolute Gasteiger partial charge is 0.462 e. The van der Waals surface area contributed by atoms with Crippen molar-refractivity contribution in [3.05, 3.63) is 36.0 Å². The second kappa shape index (κ2) is 6.18. The zero-order valence-corrected chi connectivity index (χ0v) is 11.7. The Hall–Kier alpha value is -2.10. The van der Waals surface area contributed by atoms with Gasteiger partial charge in [-0.05, 0) is 52.0 Å². The number of benzene rings is 1. The average Bonchev–Trinajstić information content (AvgIpc) is 2.74.